The Balaban J connectivity index is 1.56. The van der Waals surface area contributed by atoms with Gasteiger partial charge in [0.25, 0.3) is 0 Å². The second-order valence-electron chi connectivity index (χ2n) is 8.52. The van der Waals surface area contributed by atoms with Crippen molar-refractivity contribution in [1.29, 1.82) is 0 Å². The number of aromatic nitrogens is 1. The molecule has 0 aliphatic carbocycles. The minimum Gasteiger partial charge on any atom is -0.341 e. The first kappa shape index (κ1) is 23.0. The van der Waals surface area contributed by atoms with Gasteiger partial charge in [0.15, 0.2) is 9.84 Å². The summed E-state index contributed by atoms with van der Waals surface area (Å²) in [6.07, 6.45) is 3.34. The average molecular weight is 472 g/mol. The molecule has 0 radical (unpaired) electrons. The number of anilines is 1. The maximum atomic E-state index is 13.4. The molecule has 0 bridgehead atoms. The monoisotopic (exact) mass is 471 g/mol. The molecular weight excluding hydrogens is 445 g/mol. The first-order chi connectivity index (χ1) is 15.7. The minimum atomic E-state index is -4.01. The first-order valence-corrected chi connectivity index (χ1v) is 12.5. The summed E-state index contributed by atoms with van der Waals surface area (Å²) in [5.74, 6) is -1.56. The Hall–Kier alpha value is -3.20. The normalized spacial score (nSPS) is 15.0. The molecule has 2 aromatic carbocycles. The predicted molar refractivity (Wildman–Crippen MR) is 124 cm³/mol. The second kappa shape index (κ2) is 9.35. The Labute approximate surface area is 192 Å². The number of amides is 2. The van der Waals surface area contributed by atoms with Crippen molar-refractivity contribution in [2.24, 2.45) is 5.92 Å². The standard InChI is InChI=1S/C24H26FN3O4S/c1-17-9-11-27(12-10-17)24(30)15-28-14-22(20-7-2-3-8-21(20)28)33(31,32)16-23(29)26-19-6-4-5-18(25)13-19/h2-8,13-14,17H,9-12,15-16H2,1H3,(H,26,29). The SMILES string of the molecule is CC1CCN(C(=O)Cn2cc(S(=O)(=O)CC(=O)Nc3cccc(F)c3)c3ccccc32)CC1. The van der Waals surface area contributed by atoms with Gasteiger partial charge in [-0.25, -0.2) is 12.8 Å². The Morgan fingerprint density at radius 2 is 1.82 bits per heavy atom. The van der Waals surface area contributed by atoms with E-state index in [4.69, 9.17) is 0 Å². The van der Waals surface area contributed by atoms with Crippen LogP contribution in [0.3, 0.4) is 0 Å². The molecule has 0 saturated carbocycles. The van der Waals surface area contributed by atoms with Gasteiger partial charge < -0.3 is 14.8 Å². The van der Waals surface area contributed by atoms with Crippen LogP contribution in [0.1, 0.15) is 19.8 Å². The molecule has 2 amide bonds. The number of nitrogens with one attached hydrogen (secondary N) is 1. The number of benzene rings is 2. The Morgan fingerprint density at radius 3 is 2.55 bits per heavy atom. The lowest BCUT2D eigenvalue weighted by Gasteiger charge is -2.30. The summed E-state index contributed by atoms with van der Waals surface area (Å²) in [4.78, 5) is 27.0. The third-order valence-electron chi connectivity index (χ3n) is 5.96. The van der Waals surface area contributed by atoms with E-state index >= 15 is 0 Å². The van der Waals surface area contributed by atoms with E-state index in [0.29, 0.717) is 29.9 Å². The molecule has 0 spiro atoms. The molecule has 3 aromatic rings. The topological polar surface area (TPSA) is 88.5 Å². The second-order valence-corrected chi connectivity index (χ2v) is 10.5. The van der Waals surface area contributed by atoms with Crippen LogP contribution >= 0.6 is 0 Å². The molecule has 1 aromatic heterocycles. The molecule has 1 fully saturated rings. The van der Waals surface area contributed by atoms with Gasteiger partial charge in [-0.2, -0.15) is 0 Å². The molecule has 2 heterocycles. The summed E-state index contributed by atoms with van der Waals surface area (Å²) < 4.78 is 41.2. The summed E-state index contributed by atoms with van der Waals surface area (Å²) >= 11 is 0. The summed E-state index contributed by atoms with van der Waals surface area (Å²) in [7, 11) is -4.01. The van der Waals surface area contributed by atoms with Crippen LogP contribution in [0.25, 0.3) is 10.9 Å². The maximum absolute atomic E-state index is 13.4. The van der Waals surface area contributed by atoms with E-state index in [9.17, 15) is 22.4 Å². The van der Waals surface area contributed by atoms with Crippen molar-refractivity contribution in [2.45, 2.75) is 31.2 Å². The van der Waals surface area contributed by atoms with Gasteiger partial charge in [0.1, 0.15) is 18.1 Å². The van der Waals surface area contributed by atoms with Gasteiger partial charge in [-0.1, -0.05) is 31.2 Å². The molecule has 7 nitrogen and oxygen atoms in total. The van der Waals surface area contributed by atoms with Crippen LogP contribution in [0.5, 0.6) is 0 Å². The third-order valence-corrected chi connectivity index (χ3v) is 7.60. The largest absolute Gasteiger partial charge is 0.341 e. The predicted octanol–water partition coefficient (Wildman–Crippen LogP) is 3.45. The Morgan fingerprint density at radius 1 is 1.09 bits per heavy atom. The van der Waals surface area contributed by atoms with Gasteiger partial charge in [-0.05, 0) is 43.0 Å². The number of piperidine rings is 1. The molecule has 1 aliphatic rings. The maximum Gasteiger partial charge on any atom is 0.242 e. The highest BCUT2D eigenvalue weighted by Gasteiger charge is 2.26. The minimum absolute atomic E-state index is 0.00689. The number of nitrogens with zero attached hydrogens (tertiary/aromatic N) is 2. The molecule has 0 unspecified atom stereocenters. The quantitative estimate of drug-likeness (QED) is 0.597. The van der Waals surface area contributed by atoms with E-state index in [1.807, 2.05) is 4.90 Å². The summed E-state index contributed by atoms with van der Waals surface area (Å²) in [6, 6.07) is 12.2. The Kier molecular flexibility index (Phi) is 6.51. The van der Waals surface area contributed by atoms with Crippen LogP contribution < -0.4 is 5.32 Å². The summed E-state index contributed by atoms with van der Waals surface area (Å²) in [6.45, 7) is 3.60. The first-order valence-electron chi connectivity index (χ1n) is 10.9. The van der Waals surface area contributed by atoms with Gasteiger partial charge in [-0.15, -0.1) is 0 Å². The molecule has 0 atom stereocenters. The third kappa shape index (κ3) is 5.24. The van der Waals surface area contributed by atoms with Crippen molar-refractivity contribution < 1.29 is 22.4 Å². The zero-order valence-electron chi connectivity index (χ0n) is 18.3. The van der Waals surface area contributed by atoms with Crippen molar-refractivity contribution in [1.82, 2.24) is 9.47 Å². The molecule has 1 aliphatic heterocycles. The average Bonchev–Trinajstić information content (AvgIpc) is 3.13. The number of rotatable bonds is 6. The molecule has 1 N–H and O–H groups in total. The number of fused-ring (bicyclic) bond motifs is 1. The highest BCUT2D eigenvalue weighted by Crippen LogP contribution is 2.27. The van der Waals surface area contributed by atoms with Crippen LogP contribution in [-0.2, 0) is 26.0 Å². The van der Waals surface area contributed by atoms with E-state index in [0.717, 1.165) is 18.9 Å². The molecule has 4 rings (SSSR count). The van der Waals surface area contributed by atoms with Crippen LogP contribution in [-0.4, -0.2) is 48.5 Å². The summed E-state index contributed by atoms with van der Waals surface area (Å²) in [5.41, 5.74) is 0.791. The molecule has 174 valence electrons. The zero-order valence-corrected chi connectivity index (χ0v) is 19.1. The fourth-order valence-corrected chi connectivity index (χ4v) is 5.48. The fraction of sp³-hybridized carbons (Fsp3) is 0.333. The van der Waals surface area contributed by atoms with E-state index in [1.165, 1.54) is 24.4 Å². The van der Waals surface area contributed by atoms with Gasteiger partial charge in [0.2, 0.25) is 11.8 Å². The van der Waals surface area contributed by atoms with E-state index in [-0.39, 0.29) is 23.0 Å². The van der Waals surface area contributed by atoms with Crippen molar-refractivity contribution in [3.8, 4) is 0 Å². The lowest BCUT2D eigenvalue weighted by molar-refractivity contribution is -0.133. The number of hydrogen-bond acceptors (Lipinski definition) is 4. The van der Waals surface area contributed by atoms with Crippen LogP contribution in [0.4, 0.5) is 10.1 Å². The summed E-state index contributed by atoms with van der Waals surface area (Å²) in [5, 5.41) is 2.87. The van der Waals surface area contributed by atoms with Gasteiger partial charge in [0, 0.05) is 35.9 Å². The van der Waals surface area contributed by atoms with E-state index in [1.54, 1.807) is 28.8 Å². The smallest absolute Gasteiger partial charge is 0.242 e. The number of carbonyl (C=O) groups excluding carboxylic acids is 2. The molecular formula is C24H26FN3O4S. The van der Waals surface area contributed by atoms with Crippen molar-refractivity contribution in [2.75, 3.05) is 24.2 Å². The molecule has 1 saturated heterocycles. The highest BCUT2D eigenvalue weighted by molar-refractivity contribution is 7.92. The molecule has 33 heavy (non-hydrogen) atoms. The van der Waals surface area contributed by atoms with Crippen molar-refractivity contribution in [3.05, 3.63) is 60.5 Å². The number of hydrogen-bond donors (Lipinski definition) is 1. The van der Waals surface area contributed by atoms with Crippen LogP contribution in [0.15, 0.2) is 59.6 Å². The number of halogens is 1. The van der Waals surface area contributed by atoms with Gasteiger partial charge in [0.05, 0.1) is 4.90 Å². The van der Waals surface area contributed by atoms with Gasteiger partial charge in [-0.3, -0.25) is 9.59 Å². The van der Waals surface area contributed by atoms with Crippen molar-refractivity contribution >= 4 is 38.2 Å². The number of sulfone groups is 1. The Bertz CT molecular complexity index is 1290. The van der Waals surface area contributed by atoms with Crippen LogP contribution in [0.2, 0.25) is 0 Å². The number of likely N-dealkylation sites (tertiary alicyclic amines) is 1. The van der Waals surface area contributed by atoms with Gasteiger partial charge >= 0.3 is 0 Å². The lowest BCUT2D eigenvalue weighted by Crippen LogP contribution is -2.39. The zero-order chi connectivity index (χ0) is 23.6. The van der Waals surface area contributed by atoms with Crippen LogP contribution in [0, 0.1) is 11.7 Å². The lowest BCUT2D eigenvalue weighted by atomic mass is 9.99. The molecule has 9 heteroatoms. The van der Waals surface area contributed by atoms with E-state index in [2.05, 4.69) is 12.2 Å². The number of carbonyl (C=O) groups is 2. The fourth-order valence-electron chi connectivity index (χ4n) is 4.11. The highest BCUT2D eigenvalue weighted by atomic mass is 32.2. The van der Waals surface area contributed by atoms with E-state index < -0.39 is 27.3 Å². The van der Waals surface area contributed by atoms with Crippen molar-refractivity contribution in [3.63, 3.8) is 0 Å². The number of para-hydroxylation sites is 1.